The average molecular weight is 341 g/mol. The smallest absolute Gasteiger partial charge is 0.229 e. The SMILES string of the molecule is N#Cc1ccc(Nc2nc(N)c3cccc(Br)c3n2)cn1. The van der Waals surface area contributed by atoms with Gasteiger partial charge in [-0.2, -0.15) is 10.2 Å². The van der Waals surface area contributed by atoms with Crippen LogP contribution < -0.4 is 11.1 Å². The molecule has 3 aromatic rings. The van der Waals surface area contributed by atoms with E-state index in [0.29, 0.717) is 23.1 Å². The number of benzene rings is 1. The number of para-hydroxylation sites is 1. The van der Waals surface area contributed by atoms with Crippen LogP contribution in [-0.4, -0.2) is 15.0 Å². The van der Waals surface area contributed by atoms with Crippen molar-refractivity contribution in [2.45, 2.75) is 0 Å². The largest absolute Gasteiger partial charge is 0.383 e. The van der Waals surface area contributed by atoms with Crippen LogP contribution in [0, 0.1) is 11.3 Å². The Balaban J connectivity index is 2.00. The monoisotopic (exact) mass is 340 g/mol. The zero-order valence-corrected chi connectivity index (χ0v) is 12.3. The second kappa shape index (κ2) is 5.34. The van der Waals surface area contributed by atoms with E-state index in [1.807, 2.05) is 24.3 Å². The van der Waals surface area contributed by atoms with E-state index in [0.717, 1.165) is 15.4 Å². The van der Waals surface area contributed by atoms with Crippen LogP contribution in [0.25, 0.3) is 10.9 Å². The molecule has 0 aliphatic carbocycles. The summed E-state index contributed by atoms with van der Waals surface area (Å²) in [5, 5.41) is 12.5. The normalized spacial score (nSPS) is 10.3. The van der Waals surface area contributed by atoms with E-state index in [9.17, 15) is 0 Å². The second-order valence-corrected chi connectivity index (χ2v) is 5.09. The molecule has 0 spiro atoms. The van der Waals surface area contributed by atoms with Gasteiger partial charge in [0.1, 0.15) is 17.6 Å². The Bertz CT molecular complexity index is 854. The van der Waals surface area contributed by atoms with Gasteiger partial charge in [-0.05, 0) is 40.2 Å². The highest BCUT2D eigenvalue weighted by Gasteiger charge is 2.08. The number of hydrogen-bond donors (Lipinski definition) is 2. The Morgan fingerprint density at radius 3 is 2.76 bits per heavy atom. The number of nitriles is 1. The van der Waals surface area contributed by atoms with Crippen molar-refractivity contribution in [3.05, 3.63) is 46.7 Å². The van der Waals surface area contributed by atoms with Gasteiger partial charge in [0.2, 0.25) is 5.95 Å². The van der Waals surface area contributed by atoms with Crippen molar-refractivity contribution in [1.82, 2.24) is 15.0 Å². The van der Waals surface area contributed by atoms with Crippen LogP contribution in [0.4, 0.5) is 17.5 Å². The zero-order valence-electron chi connectivity index (χ0n) is 10.7. The highest BCUT2D eigenvalue weighted by Crippen LogP contribution is 2.27. The van der Waals surface area contributed by atoms with Crippen LogP contribution in [0.15, 0.2) is 41.0 Å². The average Bonchev–Trinajstić information content (AvgIpc) is 2.49. The third-order valence-corrected chi connectivity index (χ3v) is 3.48. The molecule has 3 N–H and O–H groups in total. The maximum Gasteiger partial charge on any atom is 0.229 e. The molecule has 0 atom stereocenters. The number of nitrogens with two attached hydrogens (primary N) is 1. The summed E-state index contributed by atoms with van der Waals surface area (Å²) < 4.78 is 0.843. The van der Waals surface area contributed by atoms with Crippen LogP contribution in [0.5, 0.6) is 0 Å². The Kier molecular flexibility index (Phi) is 3.38. The maximum absolute atomic E-state index is 8.72. The van der Waals surface area contributed by atoms with E-state index in [2.05, 4.69) is 36.2 Å². The van der Waals surface area contributed by atoms with E-state index < -0.39 is 0 Å². The predicted molar refractivity (Wildman–Crippen MR) is 83.9 cm³/mol. The molecular formula is C14H9BrN6. The first-order valence-electron chi connectivity index (χ1n) is 6.02. The summed E-state index contributed by atoms with van der Waals surface area (Å²) >= 11 is 3.45. The van der Waals surface area contributed by atoms with Crippen LogP contribution in [0.2, 0.25) is 0 Å². The van der Waals surface area contributed by atoms with Crippen molar-refractivity contribution in [2.75, 3.05) is 11.1 Å². The van der Waals surface area contributed by atoms with Gasteiger partial charge < -0.3 is 11.1 Å². The maximum atomic E-state index is 8.72. The van der Waals surface area contributed by atoms with Gasteiger partial charge in [0.05, 0.1) is 17.4 Å². The molecule has 6 nitrogen and oxygen atoms in total. The Morgan fingerprint density at radius 2 is 2.05 bits per heavy atom. The molecule has 0 amide bonds. The lowest BCUT2D eigenvalue weighted by atomic mass is 10.2. The summed E-state index contributed by atoms with van der Waals surface area (Å²) in [7, 11) is 0. The van der Waals surface area contributed by atoms with Crippen LogP contribution in [0.3, 0.4) is 0 Å². The van der Waals surface area contributed by atoms with Crippen molar-refractivity contribution in [3.8, 4) is 6.07 Å². The minimum atomic E-state index is 0.349. The molecule has 7 heteroatoms. The van der Waals surface area contributed by atoms with Crippen molar-refractivity contribution >= 4 is 44.3 Å². The molecule has 0 unspecified atom stereocenters. The Labute approximate surface area is 128 Å². The van der Waals surface area contributed by atoms with Crippen molar-refractivity contribution in [3.63, 3.8) is 0 Å². The summed E-state index contributed by atoms with van der Waals surface area (Å²) in [6.07, 6.45) is 1.54. The number of nitrogens with zero attached hydrogens (tertiary/aromatic N) is 4. The van der Waals surface area contributed by atoms with Crippen molar-refractivity contribution in [1.29, 1.82) is 5.26 Å². The lowest BCUT2D eigenvalue weighted by Gasteiger charge is -2.08. The molecule has 2 aromatic heterocycles. The van der Waals surface area contributed by atoms with Crippen LogP contribution in [-0.2, 0) is 0 Å². The summed E-state index contributed by atoms with van der Waals surface area (Å²) in [5.41, 5.74) is 7.71. The molecule has 0 saturated carbocycles. The summed E-state index contributed by atoms with van der Waals surface area (Å²) in [5.74, 6) is 0.767. The molecule has 2 heterocycles. The summed E-state index contributed by atoms with van der Waals surface area (Å²) in [6.45, 7) is 0. The molecule has 0 aliphatic heterocycles. The Hall–Kier alpha value is -2.72. The van der Waals surface area contributed by atoms with Gasteiger partial charge in [-0.25, -0.2) is 9.97 Å². The lowest BCUT2D eigenvalue weighted by molar-refractivity contribution is 1.20. The molecule has 102 valence electrons. The van der Waals surface area contributed by atoms with Gasteiger partial charge in [0.25, 0.3) is 0 Å². The number of nitrogens with one attached hydrogen (secondary N) is 1. The van der Waals surface area contributed by atoms with Gasteiger partial charge in [-0.15, -0.1) is 0 Å². The summed E-state index contributed by atoms with van der Waals surface area (Å²) in [6, 6.07) is 10.9. The first-order chi connectivity index (χ1) is 10.2. The number of hydrogen-bond acceptors (Lipinski definition) is 6. The minimum absolute atomic E-state index is 0.349. The van der Waals surface area contributed by atoms with Gasteiger partial charge >= 0.3 is 0 Å². The standard InChI is InChI=1S/C14H9BrN6/c15-11-3-1-2-10-12(11)20-14(21-13(10)17)19-9-5-4-8(6-16)18-7-9/h1-5,7H,(H3,17,19,20,21). The van der Waals surface area contributed by atoms with E-state index in [1.165, 1.54) is 0 Å². The lowest BCUT2D eigenvalue weighted by Crippen LogP contribution is -2.02. The molecule has 0 radical (unpaired) electrons. The first-order valence-corrected chi connectivity index (χ1v) is 6.81. The quantitative estimate of drug-likeness (QED) is 0.743. The number of nitrogen functional groups attached to an aromatic ring is 1. The topological polar surface area (TPSA) is 101 Å². The molecule has 0 fully saturated rings. The highest BCUT2D eigenvalue weighted by molar-refractivity contribution is 9.10. The fourth-order valence-electron chi connectivity index (χ4n) is 1.86. The second-order valence-electron chi connectivity index (χ2n) is 4.24. The number of pyridine rings is 1. The molecule has 3 rings (SSSR count). The molecule has 1 aromatic carbocycles. The molecule has 0 saturated heterocycles. The third-order valence-electron chi connectivity index (χ3n) is 2.84. The Morgan fingerprint density at radius 1 is 1.19 bits per heavy atom. The molecular weight excluding hydrogens is 332 g/mol. The number of rotatable bonds is 2. The van der Waals surface area contributed by atoms with E-state index >= 15 is 0 Å². The van der Waals surface area contributed by atoms with Gasteiger partial charge in [-0.1, -0.05) is 6.07 Å². The highest BCUT2D eigenvalue weighted by atomic mass is 79.9. The number of fused-ring (bicyclic) bond motifs is 1. The zero-order chi connectivity index (χ0) is 14.8. The van der Waals surface area contributed by atoms with Crippen molar-refractivity contribution in [2.24, 2.45) is 0 Å². The van der Waals surface area contributed by atoms with Gasteiger partial charge in [-0.3, -0.25) is 0 Å². The fraction of sp³-hybridized carbons (Fsp3) is 0. The van der Waals surface area contributed by atoms with E-state index in [1.54, 1.807) is 18.3 Å². The first kappa shape index (κ1) is 13.3. The molecule has 0 bridgehead atoms. The molecule has 0 aliphatic rings. The molecule has 21 heavy (non-hydrogen) atoms. The minimum Gasteiger partial charge on any atom is -0.383 e. The van der Waals surface area contributed by atoms with E-state index in [-0.39, 0.29) is 0 Å². The number of halogens is 1. The van der Waals surface area contributed by atoms with Crippen LogP contribution >= 0.6 is 15.9 Å². The van der Waals surface area contributed by atoms with Gasteiger partial charge in [0.15, 0.2) is 0 Å². The van der Waals surface area contributed by atoms with E-state index in [4.69, 9.17) is 11.0 Å². The number of aromatic nitrogens is 3. The number of anilines is 3. The van der Waals surface area contributed by atoms with Gasteiger partial charge in [0, 0.05) is 9.86 Å². The summed E-state index contributed by atoms with van der Waals surface area (Å²) in [4.78, 5) is 12.6. The predicted octanol–water partition coefficient (Wildman–Crippen LogP) is 2.98. The third kappa shape index (κ3) is 2.61. The van der Waals surface area contributed by atoms with Crippen LogP contribution in [0.1, 0.15) is 5.69 Å². The van der Waals surface area contributed by atoms with Crippen molar-refractivity contribution < 1.29 is 0 Å². The fourth-order valence-corrected chi connectivity index (χ4v) is 2.31.